The van der Waals surface area contributed by atoms with E-state index in [1.807, 2.05) is 0 Å². The minimum atomic E-state index is -3.57. The lowest BCUT2D eigenvalue weighted by molar-refractivity contribution is 0.0950. The molecule has 0 heterocycles. The van der Waals surface area contributed by atoms with Crippen LogP contribution < -0.4 is 10.0 Å². The molecular weight excluding hydrogens is 292 g/mol. The first-order valence-corrected chi connectivity index (χ1v) is 7.08. The molecule has 0 spiro atoms. The van der Waals surface area contributed by atoms with Crippen molar-refractivity contribution in [3.63, 3.8) is 0 Å². The lowest BCUT2D eigenvalue weighted by Crippen LogP contribution is -2.40. The third kappa shape index (κ3) is 4.51. The fourth-order valence-electron chi connectivity index (χ4n) is 1.25. The van der Waals surface area contributed by atoms with Gasteiger partial charge >= 0.3 is 0 Å². The average molecular weight is 307 g/mol. The minimum Gasteiger partial charge on any atom is -0.351 e. The number of hydrogen-bond acceptors (Lipinski definition) is 3. The van der Waals surface area contributed by atoms with Gasteiger partial charge in [-0.3, -0.25) is 4.79 Å². The van der Waals surface area contributed by atoms with E-state index in [4.69, 9.17) is 0 Å². The molecule has 2 N–H and O–H groups in total. The molecule has 112 valence electrons. The Kier molecular flexibility index (Phi) is 5.54. The standard InChI is InChI=1S/C11H15F2N3O3S/c1-16(2)20(18,19)15-6-5-14-11(17)9-4-3-8(12)7-10(9)13/h3-4,7,15H,5-6H2,1-2H3,(H,14,17). The highest BCUT2D eigenvalue weighted by Gasteiger charge is 2.14. The van der Waals surface area contributed by atoms with Crippen LogP contribution in [-0.4, -0.2) is 45.8 Å². The van der Waals surface area contributed by atoms with Crippen LogP contribution in [0.2, 0.25) is 0 Å². The van der Waals surface area contributed by atoms with Gasteiger partial charge in [0.1, 0.15) is 11.6 Å². The van der Waals surface area contributed by atoms with E-state index >= 15 is 0 Å². The second kappa shape index (κ2) is 6.73. The summed E-state index contributed by atoms with van der Waals surface area (Å²) in [7, 11) is -0.854. The Hall–Kier alpha value is -1.58. The summed E-state index contributed by atoms with van der Waals surface area (Å²) in [4.78, 5) is 11.6. The summed E-state index contributed by atoms with van der Waals surface area (Å²) in [6, 6.07) is 2.58. The lowest BCUT2D eigenvalue weighted by atomic mass is 10.2. The second-order valence-corrected chi connectivity index (χ2v) is 6.03. The molecule has 0 aromatic heterocycles. The number of carbonyl (C=O) groups excluding carboxylic acids is 1. The predicted molar refractivity (Wildman–Crippen MR) is 69.3 cm³/mol. The van der Waals surface area contributed by atoms with E-state index in [9.17, 15) is 22.0 Å². The Labute approximate surface area is 116 Å². The highest BCUT2D eigenvalue weighted by atomic mass is 32.2. The molecule has 6 nitrogen and oxygen atoms in total. The van der Waals surface area contributed by atoms with Gasteiger partial charge in [0.15, 0.2) is 0 Å². The number of carbonyl (C=O) groups is 1. The van der Waals surface area contributed by atoms with Gasteiger partial charge in [-0.15, -0.1) is 0 Å². The number of amides is 1. The van der Waals surface area contributed by atoms with Crippen molar-refractivity contribution in [2.45, 2.75) is 0 Å². The fraction of sp³-hybridized carbons (Fsp3) is 0.364. The Morgan fingerprint density at radius 2 is 1.90 bits per heavy atom. The van der Waals surface area contributed by atoms with E-state index in [1.54, 1.807) is 0 Å². The molecule has 0 radical (unpaired) electrons. The first kappa shape index (κ1) is 16.5. The van der Waals surface area contributed by atoms with Gasteiger partial charge in [0.25, 0.3) is 16.1 Å². The van der Waals surface area contributed by atoms with Crippen LogP contribution in [0.1, 0.15) is 10.4 Å². The fourth-order valence-corrected chi connectivity index (χ4v) is 1.87. The summed E-state index contributed by atoms with van der Waals surface area (Å²) in [5.41, 5.74) is -0.304. The summed E-state index contributed by atoms with van der Waals surface area (Å²) < 4.78 is 51.8. The third-order valence-electron chi connectivity index (χ3n) is 2.35. The van der Waals surface area contributed by atoms with Crippen LogP contribution in [0, 0.1) is 11.6 Å². The maximum absolute atomic E-state index is 13.3. The van der Waals surface area contributed by atoms with Crippen molar-refractivity contribution in [3.05, 3.63) is 35.4 Å². The first-order chi connectivity index (χ1) is 9.24. The van der Waals surface area contributed by atoms with Crippen molar-refractivity contribution in [2.75, 3.05) is 27.2 Å². The van der Waals surface area contributed by atoms with Gasteiger partial charge in [0.05, 0.1) is 5.56 Å². The van der Waals surface area contributed by atoms with Crippen molar-refractivity contribution < 1.29 is 22.0 Å². The van der Waals surface area contributed by atoms with Gasteiger partial charge < -0.3 is 5.32 Å². The second-order valence-electron chi connectivity index (χ2n) is 4.06. The molecule has 1 amide bonds. The Balaban J connectivity index is 2.49. The van der Waals surface area contributed by atoms with Crippen molar-refractivity contribution in [1.29, 1.82) is 0 Å². The highest BCUT2D eigenvalue weighted by Crippen LogP contribution is 2.08. The number of nitrogens with one attached hydrogen (secondary N) is 2. The normalized spacial score (nSPS) is 11.7. The third-order valence-corrected chi connectivity index (χ3v) is 3.88. The van der Waals surface area contributed by atoms with Crippen LogP contribution >= 0.6 is 0 Å². The molecule has 0 unspecified atom stereocenters. The summed E-state index contributed by atoms with van der Waals surface area (Å²) in [5, 5.41) is 2.32. The quantitative estimate of drug-likeness (QED) is 0.731. The zero-order valence-corrected chi connectivity index (χ0v) is 11.8. The van der Waals surface area contributed by atoms with Crippen molar-refractivity contribution in [2.24, 2.45) is 0 Å². The maximum Gasteiger partial charge on any atom is 0.278 e. The number of halogens is 2. The van der Waals surface area contributed by atoms with Crippen LogP contribution in [0.25, 0.3) is 0 Å². The molecule has 0 atom stereocenters. The number of hydrogen-bond donors (Lipinski definition) is 2. The van der Waals surface area contributed by atoms with Crippen molar-refractivity contribution in [1.82, 2.24) is 14.3 Å². The molecule has 20 heavy (non-hydrogen) atoms. The first-order valence-electron chi connectivity index (χ1n) is 5.64. The number of benzene rings is 1. The van der Waals surface area contributed by atoms with Crippen LogP contribution in [0.4, 0.5) is 8.78 Å². The van der Waals surface area contributed by atoms with Crippen LogP contribution in [-0.2, 0) is 10.2 Å². The van der Waals surface area contributed by atoms with E-state index in [0.29, 0.717) is 6.07 Å². The zero-order chi connectivity index (χ0) is 15.3. The van der Waals surface area contributed by atoms with Gasteiger partial charge in [-0.2, -0.15) is 12.7 Å². The summed E-state index contributed by atoms with van der Waals surface area (Å²) in [6.07, 6.45) is 0. The Morgan fingerprint density at radius 1 is 1.25 bits per heavy atom. The highest BCUT2D eigenvalue weighted by molar-refractivity contribution is 7.87. The monoisotopic (exact) mass is 307 g/mol. The van der Waals surface area contributed by atoms with E-state index in [1.165, 1.54) is 14.1 Å². The van der Waals surface area contributed by atoms with Crippen molar-refractivity contribution in [3.8, 4) is 0 Å². The molecule has 0 fully saturated rings. The summed E-state index contributed by atoms with van der Waals surface area (Å²) in [5.74, 6) is -2.50. The van der Waals surface area contributed by atoms with Gasteiger partial charge in [-0.1, -0.05) is 0 Å². The molecule has 0 bridgehead atoms. The lowest BCUT2D eigenvalue weighted by Gasteiger charge is -2.12. The van der Waals surface area contributed by atoms with Crippen LogP contribution in [0.3, 0.4) is 0 Å². The van der Waals surface area contributed by atoms with Gasteiger partial charge in [0, 0.05) is 33.3 Å². The molecule has 1 aromatic carbocycles. The smallest absolute Gasteiger partial charge is 0.278 e. The molecule has 0 saturated heterocycles. The van der Waals surface area contributed by atoms with Crippen molar-refractivity contribution >= 4 is 16.1 Å². The van der Waals surface area contributed by atoms with E-state index in [0.717, 1.165) is 16.4 Å². The van der Waals surface area contributed by atoms with Crippen LogP contribution in [0.5, 0.6) is 0 Å². The zero-order valence-electron chi connectivity index (χ0n) is 11.0. The van der Waals surface area contributed by atoms with E-state index in [-0.39, 0.29) is 18.7 Å². The Bertz CT molecular complexity index is 591. The molecule has 9 heteroatoms. The Morgan fingerprint density at radius 3 is 2.45 bits per heavy atom. The molecule has 0 aliphatic heterocycles. The SMILES string of the molecule is CN(C)S(=O)(=O)NCCNC(=O)c1ccc(F)cc1F. The molecule has 1 aromatic rings. The minimum absolute atomic E-state index is 0.0251. The molecule has 1 rings (SSSR count). The van der Waals surface area contributed by atoms with Gasteiger partial charge in [-0.05, 0) is 12.1 Å². The number of rotatable bonds is 6. The number of nitrogens with zero attached hydrogens (tertiary/aromatic N) is 1. The van der Waals surface area contributed by atoms with E-state index in [2.05, 4.69) is 10.0 Å². The largest absolute Gasteiger partial charge is 0.351 e. The molecule has 0 saturated carbocycles. The van der Waals surface area contributed by atoms with Gasteiger partial charge in [0.2, 0.25) is 0 Å². The topological polar surface area (TPSA) is 78.5 Å². The van der Waals surface area contributed by atoms with Crippen LogP contribution in [0.15, 0.2) is 18.2 Å². The molecular formula is C11H15F2N3O3S. The molecule has 0 aliphatic rings. The summed E-state index contributed by atoms with van der Waals surface area (Å²) in [6.45, 7) is -0.0716. The maximum atomic E-state index is 13.3. The summed E-state index contributed by atoms with van der Waals surface area (Å²) >= 11 is 0. The predicted octanol–water partition coefficient (Wildman–Crippen LogP) is 0.0906. The molecule has 0 aliphatic carbocycles. The van der Waals surface area contributed by atoms with Gasteiger partial charge in [-0.25, -0.2) is 13.5 Å². The van der Waals surface area contributed by atoms with E-state index < -0.39 is 27.8 Å². The average Bonchev–Trinajstić information content (AvgIpc) is 2.34.